The first-order chi connectivity index (χ1) is 18.6. The van der Waals surface area contributed by atoms with Crippen molar-refractivity contribution in [2.75, 3.05) is 27.9 Å². The third-order valence-corrected chi connectivity index (χ3v) is 7.96. The molecule has 9 heteroatoms. The van der Waals surface area contributed by atoms with E-state index in [1.54, 1.807) is 33.1 Å². The lowest BCUT2D eigenvalue weighted by Crippen LogP contribution is -2.42. The van der Waals surface area contributed by atoms with Crippen LogP contribution >= 0.6 is 11.8 Å². The third-order valence-electron chi connectivity index (χ3n) is 6.75. The maximum atomic E-state index is 13.5. The number of pyridine rings is 1. The van der Waals surface area contributed by atoms with Crippen LogP contribution in [0.3, 0.4) is 0 Å². The van der Waals surface area contributed by atoms with Crippen LogP contribution in [-0.2, 0) is 17.9 Å². The quantitative estimate of drug-likeness (QED) is 0.324. The molecule has 0 spiro atoms. The number of nitrogens with one attached hydrogen (secondary N) is 1. The molecule has 1 N–H and O–H groups in total. The highest BCUT2D eigenvalue weighted by Gasteiger charge is 2.37. The van der Waals surface area contributed by atoms with Gasteiger partial charge < -0.3 is 23.9 Å². The summed E-state index contributed by atoms with van der Waals surface area (Å²) in [7, 11) is 4.95. The lowest BCUT2D eigenvalue weighted by atomic mass is 10.1. The van der Waals surface area contributed by atoms with E-state index in [9.17, 15) is 4.79 Å². The van der Waals surface area contributed by atoms with E-state index in [4.69, 9.17) is 14.2 Å². The van der Waals surface area contributed by atoms with Crippen molar-refractivity contribution in [1.82, 2.24) is 19.6 Å². The lowest BCUT2D eigenvalue weighted by Gasteiger charge is -2.24. The molecule has 1 aliphatic heterocycles. The van der Waals surface area contributed by atoms with Crippen LogP contribution < -0.4 is 19.5 Å². The summed E-state index contributed by atoms with van der Waals surface area (Å²) in [6.07, 6.45) is 4.64. The second kappa shape index (κ2) is 11.8. The molecule has 4 aromatic rings. The number of methoxy groups -OCH3 is 3. The van der Waals surface area contributed by atoms with Crippen LogP contribution in [0.1, 0.15) is 17.7 Å². The molecule has 1 saturated heterocycles. The summed E-state index contributed by atoms with van der Waals surface area (Å²) in [6, 6.07) is 19.5. The van der Waals surface area contributed by atoms with Crippen molar-refractivity contribution in [3.05, 3.63) is 84.3 Å². The van der Waals surface area contributed by atoms with Crippen molar-refractivity contribution in [1.29, 1.82) is 0 Å². The van der Waals surface area contributed by atoms with Crippen LogP contribution in [0, 0.1) is 0 Å². The van der Waals surface area contributed by atoms with Gasteiger partial charge in [-0.1, -0.05) is 18.2 Å². The van der Waals surface area contributed by atoms with Crippen LogP contribution in [-0.4, -0.2) is 59.4 Å². The average Bonchev–Trinajstić information content (AvgIpc) is 3.55. The van der Waals surface area contributed by atoms with Gasteiger partial charge in [0.15, 0.2) is 11.5 Å². The molecule has 0 saturated carbocycles. The first kappa shape index (κ1) is 25.9. The van der Waals surface area contributed by atoms with Gasteiger partial charge >= 0.3 is 0 Å². The normalized spacial score (nSPS) is 17.4. The Bertz CT molecular complexity index is 1360. The minimum atomic E-state index is -0.279. The number of likely N-dealkylation sites (tertiary alicyclic amines) is 1. The van der Waals surface area contributed by atoms with Gasteiger partial charge in [-0.25, -0.2) is 4.98 Å². The summed E-state index contributed by atoms with van der Waals surface area (Å²) in [5, 5.41) is 3.39. The first-order valence-electron chi connectivity index (χ1n) is 12.5. The fraction of sp³-hybridized carbons (Fsp3) is 0.310. The van der Waals surface area contributed by atoms with Gasteiger partial charge in [0.1, 0.15) is 11.4 Å². The Kier molecular flexibility index (Phi) is 8.05. The summed E-state index contributed by atoms with van der Waals surface area (Å²) in [5.41, 5.74) is 2.67. The number of thioether (sulfide) groups is 1. The van der Waals surface area contributed by atoms with Crippen LogP contribution in [0.5, 0.6) is 17.2 Å². The maximum absolute atomic E-state index is 13.5. The van der Waals surface area contributed by atoms with E-state index in [1.165, 1.54) is 0 Å². The number of nitrogens with zero attached hydrogens (tertiary/aromatic N) is 3. The number of benzene rings is 2. The largest absolute Gasteiger partial charge is 0.497 e. The molecule has 0 radical (unpaired) electrons. The number of amides is 1. The molecule has 3 heterocycles. The van der Waals surface area contributed by atoms with E-state index in [0.29, 0.717) is 24.6 Å². The predicted octanol–water partition coefficient (Wildman–Crippen LogP) is 4.41. The molecule has 2 aromatic heterocycles. The molecule has 5 rings (SSSR count). The zero-order valence-corrected chi connectivity index (χ0v) is 22.6. The van der Waals surface area contributed by atoms with E-state index in [1.807, 2.05) is 65.3 Å². The smallest absolute Gasteiger partial charge is 0.237 e. The number of carbonyl (C=O) groups excluding carboxylic acids is 1. The first-order valence-corrected chi connectivity index (χ1v) is 13.4. The SMILES string of the molecule is COc1ccc(S[C@@H]2C[C@@H](C(=O)NCc3cn4ccccc4n3)N(Cc3cccc(OC)c3OC)C2)cc1. The second-order valence-electron chi connectivity index (χ2n) is 9.17. The van der Waals surface area contributed by atoms with Crippen molar-refractivity contribution in [2.45, 2.75) is 35.7 Å². The maximum Gasteiger partial charge on any atom is 0.237 e. The number of hydrogen-bond acceptors (Lipinski definition) is 7. The highest BCUT2D eigenvalue weighted by atomic mass is 32.2. The molecule has 8 nitrogen and oxygen atoms in total. The van der Waals surface area contributed by atoms with Crippen LogP contribution in [0.15, 0.2) is 78.0 Å². The number of hydrogen-bond donors (Lipinski definition) is 1. The van der Waals surface area contributed by atoms with Gasteiger partial charge in [-0.2, -0.15) is 0 Å². The Morgan fingerprint density at radius 3 is 2.61 bits per heavy atom. The standard InChI is InChI=1S/C29H32N4O4S/c1-35-22-10-12-23(13-11-22)38-24-15-25(29(34)30-16-21-18-32-14-5-4-9-27(32)31-21)33(19-24)17-20-7-6-8-26(36-2)28(20)37-3/h4-14,18,24-25H,15-17,19H2,1-3H3,(H,30,34)/t24-,25+/m1/s1. The molecule has 2 atom stereocenters. The topological polar surface area (TPSA) is 77.3 Å². The van der Waals surface area contributed by atoms with Crippen molar-refractivity contribution in [2.24, 2.45) is 0 Å². The fourth-order valence-corrected chi connectivity index (χ4v) is 6.13. The molecule has 38 heavy (non-hydrogen) atoms. The van der Waals surface area contributed by atoms with Gasteiger partial charge in [-0.05, 0) is 48.9 Å². The fourth-order valence-electron chi connectivity index (χ4n) is 4.91. The molecular weight excluding hydrogens is 500 g/mol. The third kappa shape index (κ3) is 5.74. The van der Waals surface area contributed by atoms with E-state index >= 15 is 0 Å². The number of para-hydroxylation sites is 1. The van der Waals surface area contributed by atoms with E-state index in [-0.39, 0.29) is 17.2 Å². The summed E-state index contributed by atoms with van der Waals surface area (Å²) >= 11 is 1.79. The molecule has 2 aromatic carbocycles. The number of fused-ring (bicyclic) bond motifs is 1. The molecule has 0 bridgehead atoms. The summed E-state index contributed by atoms with van der Waals surface area (Å²) < 4.78 is 18.4. The van der Waals surface area contributed by atoms with Crippen molar-refractivity contribution < 1.29 is 19.0 Å². The van der Waals surface area contributed by atoms with Crippen LogP contribution in [0.25, 0.3) is 5.65 Å². The number of aromatic nitrogens is 2. The Labute approximate surface area is 226 Å². The molecule has 198 valence electrons. The number of rotatable bonds is 10. The number of ether oxygens (including phenoxy) is 3. The molecular formula is C29H32N4O4S. The molecule has 1 amide bonds. The Hall–Kier alpha value is -3.69. The molecule has 1 fully saturated rings. The van der Waals surface area contributed by atoms with Gasteiger partial charge in [0.25, 0.3) is 0 Å². The Morgan fingerprint density at radius 2 is 1.87 bits per heavy atom. The molecule has 0 unspecified atom stereocenters. The zero-order chi connectivity index (χ0) is 26.5. The summed E-state index contributed by atoms with van der Waals surface area (Å²) in [4.78, 5) is 21.5. The minimum Gasteiger partial charge on any atom is -0.497 e. The molecule has 0 aliphatic carbocycles. The highest BCUT2D eigenvalue weighted by Crippen LogP contribution is 2.37. The second-order valence-corrected chi connectivity index (χ2v) is 10.5. The van der Waals surface area contributed by atoms with Gasteiger partial charge in [-0.3, -0.25) is 9.69 Å². The van der Waals surface area contributed by atoms with Crippen LogP contribution in [0.4, 0.5) is 0 Å². The van der Waals surface area contributed by atoms with Gasteiger partial charge in [0.2, 0.25) is 5.91 Å². The minimum absolute atomic E-state index is 0.00162. The van der Waals surface area contributed by atoms with Gasteiger partial charge in [-0.15, -0.1) is 11.8 Å². The van der Waals surface area contributed by atoms with Gasteiger partial charge in [0, 0.05) is 41.2 Å². The van der Waals surface area contributed by atoms with Crippen molar-refractivity contribution in [3.8, 4) is 17.2 Å². The highest BCUT2D eigenvalue weighted by molar-refractivity contribution is 8.00. The Balaban J connectivity index is 1.33. The lowest BCUT2D eigenvalue weighted by molar-refractivity contribution is -0.125. The van der Waals surface area contributed by atoms with Gasteiger partial charge in [0.05, 0.1) is 39.6 Å². The molecule has 1 aliphatic rings. The van der Waals surface area contributed by atoms with Crippen molar-refractivity contribution >= 4 is 23.3 Å². The zero-order valence-electron chi connectivity index (χ0n) is 21.8. The van der Waals surface area contributed by atoms with E-state index in [0.717, 1.165) is 40.5 Å². The van der Waals surface area contributed by atoms with E-state index in [2.05, 4.69) is 27.3 Å². The summed E-state index contributed by atoms with van der Waals surface area (Å²) in [6.45, 7) is 1.72. The summed E-state index contributed by atoms with van der Waals surface area (Å²) in [5.74, 6) is 2.21. The van der Waals surface area contributed by atoms with E-state index < -0.39 is 0 Å². The van der Waals surface area contributed by atoms with Crippen LogP contribution in [0.2, 0.25) is 0 Å². The Morgan fingerprint density at radius 1 is 1.03 bits per heavy atom. The number of carbonyl (C=O) groups is 1. The number of imidazole rings is 1. The monoisotopic (exact) mass is 532 g/mol. The average molecular weight is 533 g/mol. The van der Waals surface area contributed by atoms with Crippen molar-refractivity contribution in [3.63, 3.8) is 0 Å². The predicted molar refractivity (Wildman–Crippen MR) is 148 cm³/mol.